The van der Waals surface area contributed by atoms with E-state index >= 15 is 0 Å². The molecule has 17 atom stereocenters. The third-order valence-electron chi connectivity index (χ3n) is 13.8. The highest BCUT2D eigenvalue weighted by Gasteiger charge is 2.53. The Labute approximate surface area is 445 Å². The Kier molecular flexibility index (Phi) is 35.4. The summed E-state index contributed by atoms with van der Waals surface area (Å²) in [5.74, 6) is -0.303. The minimum atomic E-state index is -1.98. The first kappa shape index (κ1) is 66.8. The number of rotatable bonds is 39. The highest BCUT2D eigenvalue weighted by atomic mass is 16.8. The Balaban J connectivity index is 1.54. The second-order valence-corrected chi connectivity index (χ2v) is 20.0. The molecule has 0 spiro atoms. The topological polar surface area (TPSA) is 307 Å². The van der Waals surface area contributed by atoms with Crippen molar-refractivity contribution < 1.29 is 89.4 Å². The van der Waals surface area contributed by atoms with Crippen LogP contribution in [0.1, 0.15) is 155 Å². The van der Waals surface area contributed by atoms with Gasteiger partial charge in [0.05, 0.1) is 38.6 Å². The summed E-state index contributed by atoms with van der Waals surface area (Å²) in [6, 6.07) is -0.987. The fraction of sp³-hybridized carbons (Fsp3) is 0.804. The first-order valence-corrected chi connectivity index (χ1v) is 28.0. The van der Waals surface area contributed by atoms with Crippen molar-refractivity contribution >= 4 is 5.91 Å². The van der Waals surface area contributed by atoms with Gasteiger partial charge in [0.15, 0.2) is 18.9 Å². The van der Waals surface area contributed by atoms with E-state index in [4.69, 9.17) is 28.4 Å². The lowest BCUT2D eigenvalue weighted by Crippen LogP contribution is -2.66. The average Bonchev–Trinajstić information content (AvgIpc) is 3.41. The van der Waals surface area contributed by atoms with E-state index in [1.165, 1.54) is 51.4 Å². The van der Waals surface area contributed by atoms with Gasteiger partial charge in [-0.15, -0.1) is 0 Å². The summed E-state index contributed by atoms with van der Waals surface area (Å²) in [5.41, 5.74) is 0. The van der Waals surface area contributed by atoms with E-state index in [2.05, 4.69) is 67.8 Å². The van der Waals surface area contributed by atoms with Gasteiger partial charge >= 0.3 is 0 Å². The standard InChI is InChI=1S/C56H97NO18/c1-3-5-7-9-11-13-15-17-18-19-20-22-24-26-28-30-32-34-44(62)57-39(40(61)33-31-29-27-25-23-21-16-14-12-10-8-6-4-2)38-70-54-50(68)47(65)52(42(36-59)72-54)75-56-51(69)48(66)53(43(37-60)73-56)74-55-49(67)46(64)45(63)41(35-58)71-55/h5,7,11,13,17-18,20,22,31,33,39-43,45-56,58-61,63-69H,3-4,6,8-10,12,14-16,19,21,23-30,32,34-38H2,1-2H3,(H,57,62)/b7-5-,13-11-,18-17-,22-20-,33-31+. The number of allylic oxidation sites excluding steroid dienone is 9. The first-order chi connectivity index (χ1) is 36.3. The van der Waals surface area contributed by atoms with Crippen LogP contribution in [0.2, 0.25) is 0 Å². The van der Waals surface area contributed by atoms with Crippen LogP contribution in [0.15, 0.2) is 60.8 Å². The number of ether oxygens (including phenoxy) is 6. The van der Waals surface area contributed by atoms with Crippen molar-refractivity contribution in [2.75, 3.05) is 26.4 Å². The molecule has 3 saturated heterocycles. The zero-order valence-corrected chi connectivity index (χ0v) is 44.8. The van der Waals surface area contributed by atoms with Gasteiger partial charge in [0, 0.05) is 6.42 Å². The summed E-state index contributed by atoms with van der Waals surface area (Å²) in [5, 5.41) is 120. The van der Waals surface area contributed by atoms with Gasteiger partial charge in [-0.2, -0.15) is 0 Å². The van der Waals surface area contributed by atoms with Gasteiger partial charge < -0.3 is 89.9 Å². The normalized spacial score (nSPS) is 31.7. The van der Waals surface area contributed by atoms with Crippen LogP contribution >= 0.6 is 0 Å². The van der Waals surface area contributed by atoms with Gasteiger partial charge in [0.2, 0.25) is 5.91 Å². The van der Waals surface area contributed by atoms with E-state index in [1.54, 1.807) is 6.08 Å². The molecule has 0 bridgehead atoms. The fourth-order valence-electron chi connectivity index (χ4n) is 9.18. The van der Waals surface area contributed by atoms with Gasteiger partial charge in [0.25, 0.3) is 0 Å². The van der Waals surface area contributed by atoms with Crippen molar-refractivity contribution in [3.05, 3.63) is 60.8 Å². The van der Waals surface area contributed by atoms with Crippen LogP contribution in [-0.2, 0) is 33.2 Å². The monoisotopic (exact) mass is 1070 g/mol. The Morgan fingerprint density at radius 1 is 0.493 bits per heavy atom. The molecule has 17 unspecified atom stereocenters. The number of aliphatic hydroxyl groups excluding tert-OH is 11. The van der Waals surface area contributed by atoms with Gasteiger partial charge in [-0.05, 0) is 57.8 Å². The lowest BCUT2D eigenvalue weighted by Gasteiger charge is -2.48. The van der Waals surface area contributed by atoms with Gasteiger partial charge in [0.1, 0.15) is 73.2 Å². The number of hydrogen-bond acceptors (Lipinski definition) is 18. The molecule has 12 N–H and O–H groups in total. The summed E-state index contributed by atoms with van der Waals surface area (Å²) in [4.78, 5) is 13.3. The van der Waals surface area contributed by atoms with Crippen molar-refractivity contribution in [2.24, 2.45) is 0 Å². The lowest BCUT2D eigenvalue weighted by molar-refractivity contribution is -0.379. The second-order valence-electron chi connectivity index (χ2n) is 20.0. The molecule has 75 heavy (non-hydrogen) atoms. The maximum absolute atomic E-state index is 13.3. The molecule has 3 fully saturated rings. The number of nitrogens with one attached hydrogen (secondary N) is 1. The van der Waals surface area contributed by atoms with Crippen LogP contribution in [0.5, 0.6) is 0 Å². The number of unbranched alkanes of at least 4 members (excludes halogenated alkanes) is 15. The molecule has 3 aliphatic heterocycles. The Bertz CT molecular complexity index is 1610. The number of carbonyl (C=O) groups excluding carboxylic acids is 1. The Morgan fingerprint density at radius 2 is 0.920 bits per heavy atom. The van der Waals surface area contributed by atoms with E-state index in [0.29, 0.717) is 6.42 Å². The molecule has 19 heteroatoms. The van der Waals surface area contributed by atoms with Crippen LogP contribution in [0.3, 0.4) is 0 Å². The quantitative estimate of drug-likeness (QED) is 0.0309. The second kappa shape index (κ2) is 39.8. The maximum atomic E-state index is 13.3. The molecule has 0 aromatic heterocycles. The minimum absolute atomic E-state index is 0.212. The Hall–Kier alpha value is -2.51. The van der Waals surface area contributed by atoms with Crippen LogP contribution in [-0.4, -0.2) is 193 Å². The van der Waals surface area contributed by atoms with E-state index in [9.17, 15) is 61.0 Å². The van der Waals surface area contributed by atoms with Crippen LogP contribution in [0.25, 0.3) is 0 Å². The molecule has 19 nitrogen and oxygen atoms in total. The van der Waals surface area contributed by atoms with Crippen molar-refractivity contribution in [3.8, 4) is 0 Å². The van der Waals surface area contributed by atoms with Crippen LogP contribution < -0.4 is 5.32 Å². The summed E-state index contributed by atoms with van der Waals surface area (Å²) in [7, 11) is 0. The van der Waals surface area contributed by atoms with E-state index in [-0.39, 0.29) is 18.9 Å². The SMILES string of the molecule is CC/C=C\C/C=C\C/C=C\C/C=C\CCCCCCC(=O)NC(COC1OC(CO)C(OC2OC(CO)C(OC3OC(CO)C(O)C(O)C3O)C(O)C2O)C(O)C1O)C(O)/C=C/CCCCCCCCCCCCC. The van der Waals surface area contributed by atoms with Crippen molar-refractivity contribution in [3.63, 3.8) is 0 Å². The lowest BCUT2D eigenvalue weighted by atomic mass is 9.96. The third kappa shape index (κ3) is 24.6. The summed E-state index contributed by atoms with van der Waals surface area (Å²) >= 11 is 0. The zero-order chi connectivity index (χ0) is 54.8. The maximum Gasteiger partial charge on any atom is 0.220 e. The summed E-state index contributed by atoms with van der Waals surface area (Å²) in [6.45, 7) is 1.55. The van der Waals surface area contributed by atoms with Crippen LogP contribution in [0.4, 0.5) is 0 Å². The fourth-order valence-corrected chi connectivity index (χ4v) is 9.18. The van der Waals surface area contributed by atoms with E-state index < -0.39 is 124 Å². The Morgan fingerprint density at radius 3 is 1.44 bits per heavy atom. The molecular weight excluding hydrogens is 975 g/mol. The molecule has 3 rings (SSSR count). The molecule has 434 valence electrons. The van der Waals surface area contributed by atoms with Gasteiger partial charge in [-0.3, -0.25) is 4.79 Å². The van der Waals surface area contributed by atoms with Crippen molar-refractivity contribution in [1.82, 2.24) is 5.32 Å². The number of hydrogen-bond donors (Lipinski definition) is 12. The molecule has 0 aromatic carbocycles. The number of aliphatic hydroxyl groups is 11. The highest BCUT2D eigenvalue weighted by Crippen LogP contribution is 2.33. The molecule has 0 aromatic rings. The molecule has 0 saturated carbocycles. The average molecular weight is 1070 g/mol. The smallest absolute Gasteiger partial charge is 0.220 e. The number of amides is 1. The first-order valence-electron chi connectivity index (χ1n) is 28.0. The number of carbonyl (C=O) groups is 1. The van der Waals surface area contributed by atoms with E-state index in [1.807, 2.05) is 6.08 Å². The van der Waals surface area contributed by atoms with Crippen molar-refractivity contribution in [2.45, 2.75) is 259 Å². The van der Waals surface area contributed by atoms with Gasteiger partial charge in [-0.1, -0.05) is 152 Å². The molecular formula is C56H97NO18. The van der Waals surface area contributed by atoms with E-state index in [0.717, 1.165) is 77.0 Å². The predicted octanol–water partition coefficient (Wildman–Crippen LogP) is 3.70. The highest BCUT2D eigenvalue weighted by molar-refractivity contribution is 5.76. The molecule has 0 aliphatic carbocycles. The minimum Gasteiger partial charge on any atom is -0.394 e. The summed E-state index contributed by atoms with van der Waals surface area (Å²) < 4.78 is 34.1. The molecule has 0 radical (unpaired) electrons. The summed E-state index contributed by atoms with van der Waals surface area (Å²) in [6.07, 6.45) is 16.3. The largest absolute Gasteiger partial charge is 0.394 e. The zero-order valence-electron chi connectivity index (χ0n) is 44.8. The van der Waals surface area contributed by atoms with Gasteiger partial charge in [-0.25, -0.2) is 0 Å². The van der Waals surface area contributed by atoms with Crippen LogP contribution in [0, 0.1) is 0 Å². The van der Waals surface area contributed by atoms with Crippen molar-refractivity contribution in [1.29, 1.82) is 0 Å². The third-order valence-corrected chi connectivity index (χ3v) is 13.8. The molecule has 1 amide bonds. The molecule has 3 heterocycles. The predicted molar refractivity (Wildman–Crippen MR) is 282 cm³/mol. The molecule has 3 aliphatic rings.